The van der Waals surface area contributed by atoms with E-state index in [4.69, 9.17) is 13.6 Å². The lowest BCUT2D eigenvalue weighted by molar-refractivity contribution is 0.178. The van der Waals surface area contributed by atoms with Gasteiger partial charge in [0.05, 0.1) is 19.1 Å². The normalized spacial score (nSPS) is 15.7. The third kappa shape index (κ3) is 5.85. The molecule has 0 N–H and O–H groups in total. The van der Waals surface area contributed by atoms with Gasteiger partial charge in [-0.2, -0.15) is 0 Å². The minimum absolute atomic E-state index is 0.281. The predicted octanol–water partition coefficient (Wildman–Crippen LogP) is 6.11. The molecular formula is C19H27O4P. The second-order valence-electron chi connectivity index (χ2n) is 6.00. The summed E-state index contributed by atoms with van der Waals surface area (Å²) in [4.78, 5) is 0. The van der Waals surface area contributed by atoms with Crippen molar-refractivity contribution in [2.24, 2.45) is 0 Å². The van der Waals surface area contributed by atoms with Crippen LogP contribution < -0.4 is 0 Å². The lowest BCUT2D eigenvalue weighted by Gasteiger charge is -2.22. The number of phosphoric ester groups is 1. The van der Waals surface area contributed by atoms with E-state index in [0.29, 0.717) is 0 Å². The third-order valence-corrected chi connectivity index (χ3v) is 5.64. The van der Waals surface area contributed by atoms with Crippen LogP contribution in [0.2, 0.25) is 0 Å². The highest BCUT2D eigenvalue weighted by atomic mass is 31.2. The Hall–Kier alpha value is -1.51. The van der Waals surface area contributed by atoms with Gasteiger partial charge in [-0.15, -0.1) is 0 Å². The smallest absolute Gasteiger partial charge is 0.404 e. The Morgan fingerprint density at radius 2 is 1.67 bits per heavy atom. The first-order chi connectivity index (χ1) is 11.7. The lowest BCUT2D eigenvalue weighted by atomic mass is 9.84. The maximum atomic E-state index is 12.0. The fourth-order valence-electron chi connectivity index (χ4n) is 3.11. The van der Waals surface area contributed by atoms with Gasteiger partial charge in [-0.1, -0.05) is 56.7 Å². The topological polar surface area (TPSA) is 44.8 Å². The van der Waals surface area contributed by atoms with Crippen LogP contribution in [0.4, 0.5) is 0 Å². The summed E-state index contributed by atoms with van der Waals surface area (Å²) >= 11 is 0. The highest BCUT2D eigenvalue weighted by molar-refractivity contribution is 7.48. The molecule has 0 saturated heterocycles. The molecule has 4 nitrogen and oxygen atoms in total. The van der Waals surface area contributed by atoms with Gasteiger partial charge >= 0.3 is 7.82 Å². The van der Waals surface area contributed by atoms with Crippen LogP contribution in [0.3, 0.4) is 0 Å². The van der Waals surface area contributed by atoms with E-state index in [9.17, 15) is 4.57 Å². The van der Waals surface area contributed by atoms with Crippen molar-refractivity contribution in [3.8, 4) is 0 Å². The van der Waals surface area contributed by atoms with Crippen LogP contribution in [0.25, 0.3) is 0 Å². The van der Waals surface area contributed by atoms with Gasteiger partial charge in [0.1, 0.15) is 0 Å². The van der Waals surface area contributed by atoms with Gasteiger partial charge < -0.3 is 9.05 Å². The molecule has 1 saturated carbocycles. The zero-order chi connectivity index (χ0) is 17.3. The van der Waals surface area contributed by atoms with Gasteiger partial charge in [0.15, 0.2) is 0 Å². The van der Waals surface area contributed by atoms with E-state index in [1.54, 1.807) is 0 Å². The molecule has 0 unspecified atom stereocenters. The fraction of sp³-hybridized carbons (Fsp3) is 0.474. The molecule has 1 aromatic carbocycles. The summed E-state index contributed by atoms with van der Waals surface area (Å²) in [6.07, 6.45) is 10.4. The van der Waals surface area contributed by atoms with Crippen LogP contribution in [-0.2, 0) is 24.6 Å². The second-order valence-corrected chi connectivity index (χ2v) is 7.58. The minimum atomic E-state index is -3.60. The van der Waals surface area contributed by atoms with Gasteiger partial charge in [0.25, 0.3) is 0 Å². The van der Waals surface area contributed by atoms with Crippen LogP contribution >= 0.6 is 7.82 Å². The van der Waals surface area contributed by atoms with Crippen molar-refractivity contribution in [1.82, 2.24) is 0 Å². The molecule has 1 aliphatic carbocycles. The molecule has 0 bridgehead atoms. The summed E-state index contributed by atoms with van der Waals surface area (Å²) in [6.45, 7) is 7.00. The van der Waals surface area contributed by atoms with Crippen molar-refractivity contribution in [1.29, 1.82) is 0 Å². The van der Waals surface area contributed by atoms with E-state index in [2.05, 4.69) is 37.4 Å². The molecule has 0 aliphatic heterocycles. The SMILES string of the molecule is C=COP(=O)(OC=C)OCCCc1ccc(C2CCCCC2)cc1. The summed E-state index contributed by atoms with van der Waals surface area (Å²) in [7, 11) is -3.60. The lowest BCUT2D eigenvalue weighted by Crippen LogP contribution is -2.04. The molecule has 1 fully saturated rings. The number of benzene rings is 1. The first kappa shape index (κ1) is 18.8. The largest absolute Gasteiger partial charge is 0.586 e. The molecule has 5 heteroatoms. The quantitative estimate of drug-likeness (QED) is 0.290. The van der Waals surface area contributed by atoms with Gasteiger partial charge in [-0.05, 0) is 42.7 Å². The Labute approximate surface area is 145 Å². The predicted molar refractivity (Wildman–Crippen MR) is 96.7 cm³/mol. The van der Waals surface area contributed by atoms with E-state index in [-0.39, 0.29) is 6.61 Å². The first-order valence-electron chi connectivity index (χ1n) is 8.59. The number of rotatable bonds is 10. The van der Waals surface area contributed by atoms with Gasteiger partial charge in [-0.3, -0.25) is 4.52 Å². The maximum Gasteiger partial charge on any atom is 0.586 e. The molecule has 2 rings (SSSR count). The van der Waals surface area contributed by atoms with Crippen molar-refractivity contribution in [2.45, 2.75) is 50.9 Å². The standard InChI is InChI=1S/C19H27O4P/c1-3-21-24(20,22-4-2)23-16-8-9-17-12-14-19(15-13-17)18-10-6-5-7-11-18/h3-4,12-15,18H,1-2,5-11,16H2. The van der Waals surface area contributed by atoms with E-state index < -0.39 is 7.82 Å². The number of phosphoric acid groups is 1. The summed E-state index contributed by atoms with van der Waals surface area (Å²) in [5.41, 5.74) is 2.71. The zero-order valence-corrected chi connectivity index (χ0v) is 15.1. The van der Waals surface area contributed by atoms with E-state index >= 15 is 0 Å². The Morgan fingerprint density at radius 3 is 2.25 bits per heavy atom. The van der Waals surface area contributed by atoms with Gasteiger partial charge in [0, 0.05) is 0 Å². The van der Waals surface area contributed by atoms with Gasteiger partial charge in [-0.25, -0.2) is 4.57 Å². The monoisotopic (exact) mass is 350 g/mol. The molecule has 0 spiro atoms. The van der Waals surface area contributed by atoms with Crippen LogP contribution in [-0.4, -0.2) is 6.61 Å². The Kier molecular flexibility index (Phi) is 7.61. The van der Waals surface area contributed by atoms with Crippen LogP contribution in [0, 0.1) is 0 Å². The molecular weight excluding hydrogens is 323 g/mol. The first-order valence-corrected chi connectivity index (χ1v) is 10.0. The molecule has 0 aromatic heterocycles. The second kappa shape index (κ2) is 9.71. The van der Waals surface area contributed by atoms with Crippen molar-refractivity contribution in [3.05, 3.63) is 61.1 Å². The number of hydrogen-bond donors (Lipinski definition) is 0. The Balaban J connectivity index is 1.76. The van der Waals surface area contributed by atoms with Crippen molar-refractivity contribution >= 4 is 7.82 Å². The Morgan fingerprint density at radius 1 is 1.04 bits per heavy atom. The highest BCUT2D eigenvalue weighted by Gasteiger charge is 2.26. The third-order valence-electron chi connectivity index (χ3n) is 4.32. The molecule has 132 valence electrons. The zero-order valence-electron chi connectivity index (χ0n) is 14.2. The number of aryl methyl sites for hydroxylation is 1. The molecule has 0 amide bonds. The Bertz CT molecular complexity index is 547. The van der Waals surface area contributed by atoms with Crippen molar-refractivity contribution in [2.75, 3.05) is 6.61 Å². The maximum absolute atomic E-state index is 12.0. The minimum Gasteiger partial charge on any atom is -0.404 e. The fourth-order valence-corrected chi connectivity index (χ4v) is 4.00. The van der Waals surface area contributed by atoms with Crippen LogP contribution in [0.5, 0.6) is 0 Å². The summed E-state index contributed by atoms with van der Waals surface area (Å²) < 4.78 is 26.9. The highest BCUT2D eigenvalue weighted by Crippen LogP contribution is 2.49. The molecule has 0 radical (unpaired) electrons. The van der Waals surface area contributed by atoms with Crippen LogP contribution in [0.1, 0.15) is 55.6 Å². The molecule has 1 aliphatic rings. The molecule has 0 atom stereocenters. The van der Waals surface area contributed by atoms with Crippen molar-refractivity contribution in [3.63, 3.8) is 0 Å². The van der Waals surface area contributed by atoms with Crippen LogP contribution in [0.15, 0.2) is 49.9 Å². The summed E-state index contributed by atoms with van der Waals surface area (Å²) in [5.74, 6) is 0.731. The molecule has 0 heterocycles. The van der Waals surface area contributed by atoms with E-state index in [1.807, 2.05) is 0 Å². The molecule has 1 aromatic rings. The summed E-state index contributed by atoms with van der Waals surface area (Å²) in [6, 6.07) is 8.87. The average molecular weight is 350 g/mol. The van der Waals surface area contributed by atoms with E-state index in [0.717, 1.165) is 31.3 Å². The average Bonchev–Trinajstić information content (AvgIpc) is 2.61. The van der Waals surface area contributed by atoms with Gasteiger partial charge in [0.2, 0.25) is 0 Å². The van der Waals surface area contributed by atoms with E-state index in [1.165, 1.54) is 43.2 Å². The number of hydrogen-bond acceptors (Lipinski definition) is 4. The van der Waals surface area contributed by atoms with Crippen molar-refractivity contribution < 1.29 is 18.1 Å². The summed E-state index contributed by atoms with van der Waals surface area (Å²) in [5, 5.41) is 0. The molecule has 24 heavy (non-hydrogen) atoms.